The zero-order valence-corrected chi connectivity index (χ0v) is 14.1. The summed E-state index contributed by atoms with van der Waals surface area (Å²) in [6, 6.07) is 8.23. The Kier molecular flexibility index (Phi) is 7.00. The van der Waals surface area contributed by atoms with Crippen LogP contribution in [0.5, 0.6) is 0 Å². The van der Waals surface area contributed by atoms with Crippen LogP contribution >= 0.6 is 28.3 Å². The molecule has 112 valence electrons. The van der Waals surface area contributed by atoms with Gasteiger partial charge in [-0.3, -0.25) is 4.79 Å². The summed E-state index contributed by atoms with van der Waals surface area (Å²) in [4.78, 5) is 12.3. The molecular weight excluding hydrogens is 340 g/mol. The van der Waals surface area contributed by atoms with E-state index in [0.29, 0.717) is 6.54 Å². The Hall–Kier alpha value is -0.580. The van der Waals surface area contributed by atoms with Gasteiger partial charge < -0.3 is 10.6 Å². The molecule has 0 aliphatic carbocycles. The smallest absolute Gasteiger partial charge is 0.240 e. The highest BCUT2D eigenvalue weighted by Crippen LogP contribution is 2.23. The van der Waals surface area contributed by atoms with Gasteiger partial charge in [0.2, 0.25) is 5.91 Å². The summed E-state index contributed by atoms with van der Waals surface area (Å²) in [6.45, 7) is 3.73. The van der Waals surface area contributed by atoms with Crippen molar-refractivity contribution in [3.63, 3.8) is 0 Å². The number of hydrogen-bond acceptors (Lipinski definition) is 2. The number of hydrogen-bond donors (Lipinski definition) is 2. The average Bonchev–Trinajstić information content (AvgIpc) is 2.91. The molecule has 2 N–H and O–H groups in total. The summed E-state index contributed by atoms with van der Waals surface area (Å²) in [5, 5.41) is 6.42. The average molecular weight is 362 g/mol. The second-order valence-electron chi connectivity index (χ2n) is 5.10. The molecule has 0 saturated carbocycles. The van der Waals surface area contributed by atoms with Gasteiger partial charge in [-0.05, 0) is 49.9 Å². The number of amides is 1. The van der Waals surface area contributed by atoms with Gasteiger partial charge in [0.1, 0.15) is 0 Å². The Labute approximate surface area is 135 Å². The first-order valence-corrected chi connectivity index (χ1v) is 7.73. The maximum absolute atomic E-state index is 12.3. The predicted octanol–water partition coefficient (Wildman–Crippen LogP) is 3.06. The third-order valence-corrected chi connectivity index (χ3v) is 4.42. The molecule has 1 aromatic carbocycles. The number of nitrogens with one attached hydrogen (secondary N) is 2. The van der Waals surface area contributed by atoms with Crippen molar-refractivity contribution in [2.75, 3.05) is 13.1 Å². The van der Waals surface area contributed by atoms with E-state index in [1.807, 2.05) is 12.1 Å². The molecule has 1 aromatic rings. The molecule has 0 spiro atoms. The van der Waals surface area contributed by atoms with Crippen LogP contribution in [-0.4, -0.2) is 24.5 Å². The van der Waals surface area contributed by atoms with Crippen LogP contribution in [0.4, 0.5) is 0 Å². The normalized spacial score (nSPS) is 21.3. The van der Waals surface area contributed by atoms with Crippen molar-refractivity contribution in [2.24, 2.45) is 0 Å². The highest BCUT2D eigenvalue weighted by Gasteiger charge is 2.38. The van der Waals surface area contributed by atoms with E-state index in [0.717, 1.165) is 36.7 Å². The molecule has 0 radical (unpaired) electrons. The van der Waals surface area contributed by atoms with Crippen molar-refractivity contribution in [2.45, 2.75) is 38.1 Å². The Morgan fingerprint density at radius 3 is 2.65 bits per heavy atom. The van der Waals surface area contributed by atoms with E-state index < -0.39 is 0 Å². The molecule has 20 heavy (non-hydrogen) atoms. The highest BCUT2D eigenvalue weighted by atomic mass is 79.9. The Morgan fingerprint density at radius 2 is 2.10 bits per heavy atom. The first-order chi connectivity index (χ1) is 9.16. The van der Waals surface area contributed by atoms with Gasteiger partial charge in [-0.15, -0.1) is 12.4 Å². The molecule has 0 bridgehead atoms. The van der Waals surface area contributed by atoms with E-state index in [2.05, 4.69) is 45.6 Å². The second-order valence-corrected chi connectivity index (χ2v) is 6.01. The lowest BCUT2D eigenvalue weighted by Crippen LogP contribution is -2.53. The fourth-order valence-corrected chi connectivity index (χ4v) is 2.87. The quantitative estimate of drug-likeness (QED) is 0.846. The molecule has 1 aliphatic rings. The minimum absolute atomic E-state index is 0. The van der Waals surface area contributed by atoms with Crippen LogP contribution in [0.2, 0.25) is 0 Å². The zero-order chi connectivity index (χ0) is 13.7. The summed E-state index contributed by atoms with van der Waals surface area (Å²) in [5.74, 6) is 0.157. The Bertz CT molecular complexity index is 430. The third kappa shape index (κ3) is 4.21. The van der Waals surface area contributed by atoms with Crippen LogP contribution in [0.3, 0.4) is 0 Å². The lowest BCUT2D eigenvalue weighted by Gasteiger charge is -2.26. The lowest BCUT2D eigenvalue weighted by atomic mass is 9.93. The summed E-state index contributed by atoms with van der Waals surface area (Å²) >= 11 is 3.42. The molecule has 1 unspecified atom stereocenters. The maximum Gasteiger partial charge on any atom is 0.240 e. The molecule has 1 saturated heterocycles. The first kappa shape index (κ1) is 17.5. The van der Waals surface area contributed by atoms with Crippen molar-refractivity contribution in [3.8, 4) is 0 Å². The molecule has 1 heterocycles. The summed E-state index contributed by atoms with van der Waals surface area (Å²) < 4.78 is 1.08. The molecule has 1 aliphatic heterocycles. The van der Waals surface area contributed by atoms with E-state index in [1.54, 1.807) is 0 Å². The predicted molar refractivity (Wildman–Crippen MR) is 88.4 cm³/mol. The van der Waals surface area contributed by atoms with Gasteiger partial charge in [0.25, 0.3) is 0 Å². The van der Waals surface area contributed by atoms with Crippen molar-refractivity contribution in [3.05, 3.63) is 34.3 Å². The molecular formula is C15H22BrClN2O. The molecule has 1 amide bonds. The second kappa shape index (κ2) is 8.01. The van der Waals surface area contributed by atoms with Crippen molar-refractivity contribution >= 4 is 34.2 Å². The number of halogens is 2. The van der Waals surface area contributed by atoms with Crippen molar-refractivity contribution in [1.29, 1.82) is 0 Å². The lowest BCUT2D eigenvalue weighted by molar-refractivity contribution is -0.127. The third-order valence-electron chi connectivity index (χ3n) is 3.89. The molecule has 2 rings (SSSR count). The van der Waals surface area contributed by atoms with Crippen LogP contribution in [-0.2, 0) is 11.2 Å². The molecule has 3 nitrogen and oxygen atoms in total. The van der Waals surface area contributed by atoms with Gasteiger partial charge in [-0.2, -0.15) is 0 Å². The topological polar surface area (TPSA) is 41.1 Å². The van der Waals surface area contributed by atoms with Gasteiger partial charge in [0, 0.05) is 11.0 Å². The highest BCUT2D eigenvalue weighted by molar-refractivity contribution is 9.10. The van der Waals surface area contributed by atoms with Gasteiger partial charge in [0.15, 0.2) is 0 Å². The van der Waals surface area contributed by atoms with Crippen LogP contribution in [0.15, 0.2) is 28.7 Å². The van der Waals surface area contributed by atoms with Gasteiger partial charge in [-0.25, -0.2) is 0 Å². The minimum Gasteiger partial charge on any atom is -0.354 e. The molecule has 0 aromatic heterocycles. The SMILES string of the molecule is CCC1(C(=O)NCCc2ccc(Br)cc2)CCCN1.Cl. The van der Waals surface area contributed by atoms with Crippen LogP contribution < -0.4 is 10.6 Å². The largest absolute Gasteiger partial charge is 0.354 e. The molecule has 5 heteroatoms. The molecule has 1 atom stereocenters. The number of rotatable bonds is 5. The van der Waals surface area contributed by atoms with E-state index in [9.17, 15) is 4.79 Å². The maximum atomic E-state index is 12.3. The van der Waals surface area contributed by atoms with E-state index in [1.165, 1.54) is 5.56 Å². The van der Waals surface area contributed by atoms with Gasteiger partial charge >= 0.3 is 0 Å². The fourth-order valence-electron chi connectivity index (χ4n) is 2.60. The Balaban J connectivity index is 0.00000200. The van der Waals surface area contributed by atoms with Crippen LogP contribution in [0, 0.1) is 0 Å². The minimum atomic E-state index is -0.320. The first-order valence-electron chi connectivity index (χ1n) is 6.94. The number of benzene rings is 1. The van der Waals surface area contributed by atoms with Gasteiger partial charge in [-0.1, -0.05) is 35.0 Å². The zero-order valence-electron chi connectivity index (χ0n) is 11.7. The molecule has 1 fully saturated rings. The van der Waals surface area contributed by atoms with E-state index in [-0.39, 0.29) is 23.9 Å². The van der Waals surface area contributed by atoms with Crippen LogP contribution in [0.1, 0.15) is 31.7 Å². The standard InChI is InChI=1S/C15H21BrN2O.ClH/c1-2-15(9-3-10-18-15)14(19)17-11-8-12-4-6-13(16)7-5-12;/h4-7,18H,2-3,8-11H2,1H3,(H,17,19);1H. The number of carbonyl (C=O) groups is 1. The monoisotopic (exact) mass is 360 g/mol. The summed E-state index contributed by atoms with van der Waals surface area (Å²) in [7, 11) is 0. The van der Waals surface area contributed by atoms with E-state index in [4.69, 9.17) is 0 Å². The van der Waals surface area contributed by atoms with Crippen LogP contribution in [0.25, 0.3) is 0 Å². The Morgan fingerprint density at radius 1 is 1.40 bits per heavy atom. The summed E-state index contributed by atoms with van der Waals surface area (Å²) in [6.07, 6.45) is 3.78. The number of carbonyl (C=O) groups excluding carboxylic acids is 1. The van der Waals surface area contributed by atoms with Gasteiger partial charge in [0.05, 0.1) is 5.54 Å². The van der Waals surface area contributed by atoms with Crippen molar-refractivity contribution < 1.29 is 4.79 Å². The fraction of sp³-hybridized carbons (Fsp3) is 0.533. The van der Waals surface area contributed by atoms with E-state index >= 15 is 0 Å². The summed E-state index contributed by atoms with van der Waals surface area (Å²) in [5.41, 5.74) is 0.924. The van der Waals surface area contributed by atoms with Crippen molar-refractivity contribution in [1.82, 2.24) is 10.6 Å².